The Balaban J connectivity index is 2.05. The van der Waals surface area contributed by atoms with Gasteiger partial charge in [-0.1, -0.05) is 0 Å². The topological polar surface area (TPSA) is 114 Å². The van der Waals surface area contributed by atoms with Crippen molar-refractivity contribution in [3.8, 4) is 0 Å². The molecule has 0 bridgehead atoms. The number of thioether (sulfide) groups is 1. The Morgan fingerprint density at radius 3 is 3.09 bits per heavy atom. The molecule has 3 rings (SSSR count). The third-order valence-electron chi connectivity index (χ3n) is 3.77. The fourth-order valence-electron chi connectivity index (χ4n) is 2.76. The summed E-state index contributed by atoms with van der Waals surface area (Å²) in [5.74, 6) is -0.824. The van der Waals surface area contributed by atoms with Gasteiger partial charge in [0.05, 0.1) is 4.92 Å². The maximum atomic E-state index is 14.3. The second-order valence-corrected chi connectivity index (χ2v) is 6.30. The van der Waals surface area contributed by atoms with Crippen molar-refractivity contribution < 1.29 is 24.0 Å². The van der Waals surface area contributed by atoms with Crippen molar-refractivity contribution in [3.05, 3.63) is 39.7 Å². The predicted molar refractivity (Wildman–Crippen MR) is 79.8 cm³/mol. The number of aliphatic imine (C=N–C) groups is 1. The summed E-state index contributed by atoms with van der Waals surface area (Å²) in [6.07, 6.45) is -0.679. The minimum Gasteiger partial charge on any atom is -0.465 e. The van der Waals surface area contributed by atoms with Crippen molar-refractivity contribution in [2.75, 3.05) is 13.2 Å². The molecule has 2 N–H and O–H groups in total. The van der Waals surface area contributed by atoms with Crippen molar-refractivity contribution in [1.82, 2.24) is 5.32 Å². The van der Waals surface area contributed by atoms with Crippen LogP contribution in [-0.2, 0) is 9.67 Å². The number of hydrogen-bond acceptors (Lipinski definition) is 6. The SMILES string of the molecule is O=C(O)NC1=NC[C@H]2CCO[C@@]2(c2cc([N+](=O)[O-])ccc2F)S1. The van der Waals surface area contributed by atoms with Gasteiger partial charge in [-0.25, -0.2) is 9.18 Å². The molecule has 0 aromatic heterocycles. The van der Waals surface area contributed by atoms with Gasteiger partial charge in [0.2, 0.25) is 0 Å². The lowest BCUT2D eigenvalue weighted by molar-refractivity contribution is -0.385. The highest BCUT2D eigenvalue weighted by Gasteiger charge is 2.51. The first kappa shape index (κ1) is 15.7. The van der Waals surface area contributed by atoms with Crippen molar-refractivity contribution in [2.45, 2.75) is 11.4 Å². The number of nitro benzene ring substituents is 1. The Bertz CT molecular complexity index is 713. The van der Waals surface area contributed by atoms with E-state index in [4.69, 9.17) is 9.84 Å². The number of fused-ring (bicyclic) bond motifs is 1. The molecule has 0 spiro atoms. The summed E-state index contributed by atoms with van der Waals surface area (Å²) in [6.45, 7) is 0.598. The molecule has 23 heavy (non-hydrogen) atoms. The number of benzene rings is 1. The summed E-state index contributed by atoms with van der Waals surface area (Å²) >= 11 is 0.939. The molecule has 2 atom stereocenters. The Hall–Kier alpha value is -2.20. The highest BCUT2D eigenvalue weighted by molar-refractivity contribution is 8.14. The van der Waals surface area contributed by atoms with Crippen molar-refractivity contribution in [1.29, 1.82) is 0 Å². The first-order chi connectivity index (χ1) is 10.9. The lowest BCUT2D eigenvalue weighted by atomic mass is 9.93. The molecule has 0 saturated carbocycles. The van der Waals surface area contributed by atoms with Crippen molar-refractivity contribution in [3.63, 3.8) is 0 Å². The van der Waals surface area contributed by atoms with Crippen LogP contribution in [0, 0.1) is 21.8 Å². The summed E-state index contributed by atoms with van der Waals surface area (Å²) in [6, 6.07) is 3.25. The van der Waals surface area contributed by atoms with Gasteiger partial charge in [-0.3, -0.25) is 20.4 Å². The molecule has 8 nitrogen and oxygen atoms in total. The zero-order valence-electron chi connectivity index (χ0n) is 11.7. The number of rotatable bonds is 2. The molecule has 10 heteroatoms. The molecular weight excluding hydrogens is 329 g/mol. The second kappa shape index (κ2) is 5.78. The number of non-ortho nitro benzene ring substituents is 1. The Labute approximate surface area is 133 Å². The largest absolute Gasteiger partial charge is 0.465 e. The van der Waals surface area contributed by atoms with Crippen molar-refractivity contribution >= 4 is 28.7 Å². The van der Waals surface area contributed by atoms with Gasteiger partial charge in [0, 0.05) is 36.8 Å². The van der Waals surface area contributed by atoms with Crippen LogP contribution in [-0.4, -0.2) is 34.4 Å². The van der Waals surface area contributed by atoms with Gasteiger partial charge in [0.15, 0.2) is 10.1 Å². The number of halogens is 1. The number of nitrogens with zero attached hydrogens (tertiary/aromatic N) is 2. The van der Waals surface area contributed by atoms with E-state index in [-0.39, 0.29) is 28.9 Å². The summed E-state index contributed by atoms with van der Waals surface area (Å²) < 4.78 is 20.1. The molecule has 1 aromatic rings. The summed E-state index contributed by atoms with van der Waals surface area (Å²) in [5.41, 5.74) is -0.209. The highest BCUT2D eigenvalue weighted by Crippen LogP contribution is 2.53. The Morgan fingerprint density at radius 1 is 1.61 bits per heavy atom. The smallest absolute Gasteiger partial charge is 0.410 e. The highest BCUT2D eigenvalue weighted by atomic mass is 32.2. The van der Waals surface area contributed by atoms with Gasteiger partial charge in [-0.2, -0.15) is 0 Å². The minimum atomic E-state index is -1.29. The number of carboxylic acid groups (broad SMARTS) is 1. The molecule has 2 aliphatic heterocycles. The number of amidine groups is 1. The first-order valence-corrected chi connectivity index (χ1v) is 7.56. The number of amides is 1. The lowest BCUT2D eigenvalue weighted by Crippen LogP contribution is -2.41. The van der Waals surface area contributed by atoms with Crippen LogP contribution in [0.15, 0.2) is 23.2 Å². The van der Waals surface area contributed by atoms with Gasteiger partial charge in [0.1, 0.15) is 5.82 Å². The molecule has 1 amide bonds. The maximum Gasteiger partial charge on any atom is 0.410 e. The van der Waals surface area contributed by atoms with E-state index in [0.717, 1.165) is 30.0 Å². The van der Waals surface area contributed by atoms with Crippen LogP contribution in [0.1, 0.15) is 12.0 Å². The van der Waals surface area contributed by atoms with E-state index in [1.807, 2.05) is 0 Å². The second-order valence-electron chi connectivity index (χ2n) is 5.10. The van der Waals surface area contributed by atoms with E-state index in [2.05, 4.69) is 10.3 Å². The number of nitrogens with one attached hydrogen (secondary N) is 1. The van der Waals surface area contributed by atoms with Gasteiger partial charge in [0.25, 0.3) is 5.69 Å². The fraction of sp³-hybridized carbons (Fsp3) is 0.385. The molecule has 1 saturated heterocycles. The van der Waals surface area contributed by atoms with E-state index in [1.165, 1.54) is 0 Å². The van der Waals surface area contributed by atoms with Crippen molar-refractivity contribution in [2.24, 2.45) is 10.9 Å². The molecule has 2 aliphatic rings. The Morgan fingerprint density at radius 2 is 2.39 bits per heavy atom. The van der Waals surface area contributed by atoms with E-state index < -0.39 is 21.8 Å². The van der Waals surface area contributed by atoms with Crippen LogP contribution in [0.25, 0.3) is 0 Å². The fourth-order valence-corrected chi connectivity index (χ4v) is 4.09. The zero-order chi connectivity index (χ0) is 16.6. The molecule has 2 heterocycles. The summed E-state index contributed by atoms with van der Waals surface area (Å²) in [5, 5.41) is 22.0. The molecule has 122 valence electrons. The molecule has 1 fully saturated rings. The average molecular weight is 341 g/mol. The quantitative estimate of drug-likeness (QED) is 0.630. The standard InChI is InChI=1S/C13H12FN3O5S/c14-10-2-1-8(17(20)21)5-9(10)13-7(3-4-22-13)6-15-11(23-13)16-12(18)19/h1-2,5,7H,3-4,6H2,(H,15,16)(H,18,19)/t7-,13-/m1/s1. The average Bonchev–Trinajstić information content (AvgIpc) is 2.90. The lowest BCUT2D eigenvalue weighted by Gasteiger charge is -2.36. The first-order valence-electron chi connectivity index (χ1n) is 6.74. The molecule has 1 aromatic carbocycles. The minimum absolute atomic E-state index is 0.0405. The maximum absolute atomic E-state index is 14.3. The van der Waals surface area contributed by atoms with Crippen LogP contribution >= 0.6 is 11.8 Å². The summed E-state index contributed by atoms with van der Waals surface area (Å²) in [7, 11) is 0. The zero-order valence-corrected chi connectivity index (χ0v) is 12.5. The van der Waals surface area contributed by atoms with Crippen LogP contribution in [0.5, 0.6) is 0 Å². The number of hydrogen-bond donors (Lipinski definition) is 2. The van der Waals surface area contributed by atoms with E-state index >= 15 is 0 Å². The number of ether oxygens (including phenoxy) is 1. The Kier molecular flexibility index (Phi) is 3.94. The third-order valence-corrected chi connectivity index (χ3v) is 5.17. The molecule has 0 radical (unpaired) electrons. The van der Waals surface area contributed by atoms with Crippen LogP contribution in [0.4, 0.5) is 14.9 Å². The van der Waals surface area contributed by atoms with E-state index in [1.54, 1.807) is 0 Å². The predicted octanol–water partition coefficient (Wildman–Crippen LogP) is 2.29. The third kappa shape index (κ3) is 2.75. The van der Waals surface area contributed by atoms with Crippen LogP contribution in [0.2, 0.25) is 0 Å². The van der Waals surface area contributed by atoms with Crippen LogP contribution in [0.3, 0.4) is 0 Å². The summed E-state index contributed by atoms with van der Waals surface area (Å²) in [4.78, 5) is 24.1. The van der Waals surface area contributed by atoms with E-state index in [0.29, 0.717) is 13.0 Å². The van der Waals surface area contributed by atoms with Gasteiger partial charge < -0.3 is 9.84 Å². The normalized spacial score (nSPS) is 26.3. The van der Waals surface area contributed by atoms with E-state index in [9.17, 15) is 19.3 Å². The molecular formula is C13H12FN3O5S. The number of nitro groups is 1. The number of carbonyl (C=O) groups is 1. The van der Waals surface area contributed by atoms with Crippen LogP contribution < -0.4 is 5.32 Å². The van der Waals surface area contributed by atoms with Gasteiger partial charge in [-0.05, 0) is 24.2 Å². The monoisotopic (exact) mass is 341 g/mol. The van der Waals surface area contributed by atoms with Gasteiger partial charge >= 0.3 is 6.09 Å². The molecule has 0 aliphatic carbocycles. The molecule has 0 unspecified atom stereocenters. The van der Waals surface area contributed by atoms with Gasteiger partial charge in [-0.15, -0.1) is 0 Å².